The van der Waals surface area contributed by atoms with Crippen LogP contribution >= 0.6 is 0 Å². The van der Waals surface area contributed by atoms with Crippen LogP contribution in [0, 0.1) is 0 Å². The molecule has 1 aliphatic rings. The molecule has 0 bridgehead atoms. The maximum atomic E-state index is 11.1. The second-order valence-electron chi connectivity index (χ2n) is 2.02. The first-order valence-electron chi connectivity index (χ1n) is 2.93. The van der Waals surface area contributed by atoms with Crippen LogP contribution in [0.2, 0.25) is 0 Å². The van der Waals surface area contributed by atoms with Gasteiger partial charge in [0, 0.05) is 0 Å². The zero-order valence-electron chi connectivity index (χ0n) is 5.15. The van der Waals surface area contributed by atoms with Gasteiger partial charge in [0.2, 0.25) is 0 Å². The summed E-state index contributed by atoms with van der Waals surface area (Å²) in [5.74, 6) is 0. The fourth-order valence-electron chi connectivity index (χ4n) is 0.908. The Hall–Kier alpha value is -0.520. The van der Waals surface area contributed by atoms with Gasteiger partial charge >= 0.3 is 65.8 Å². The molecule has 1 aromatic rings. The summed E-state index contributed by atoms with van der Waals surface area (Å²) in [6, 6.07) is 7.67. The molecule has 1 heterocycles. The van der Waals surface area contributed by atoms with E-state index in [2.05, 4.69) is 3.24 Å². The Morgan fingerprint density at radius 3 is 2.90 bits per heavy atom. The number of benzene rings is 1. The average Bonchev–Trinajstić information content (AvgIpc) is 2.34. The van der Waals surface area contributed by atoms with E-state index in [1.54, 1.807) is 6.21 Å². The fraction of sp³-hybridized carbons (Fsp3) is 0. The second-order valence-corrected chi connectivity index (χ2v) is 5.30. The van der Waals surface area contributed by atoms with E-state index in [1.807, 2.05) is 24.3 Å². The Balaban J connectivity index is 2.70. The molecule has 0 aromatic heterocycles. The summed E-state index contributed by atoms with van der Waals surface area (Å²) in [5, 5.41) is 0. The van der Waals surface area contributed by atoms with Gasteiger partial charge in [-0.25, -0.2) is 0 Å². The van der Waals surface area contributed by atoms with Gasteiger partial charge in [-0.3, -0.25) is 0 Å². The Bertz CT molecular complexity index is 319. The van der Waals surface area contributed by atoms with Gasteiger partial charge in [0.1, 0.15) is 0 Å². The predicted octanol–water partition coefficient (Wildman–Crippen LogP) is 0.245. The quantitative estimate of drug-likeness (QED) is 0.604. The minimum atomic E-state index is -2.41. The van der Waals surface area contributed by atoms with Crippen LogP contribution in [0.1, 0.15) is 5.56 Å². The zero-order chi connectivity index (χ0) is 6.97. The molecule has 0 N–H and O–H groups in total. The number of nitrogens with zero attached hydrogens (tertiary/aromatic N) is 1. The zero-order valence-corrected chi connectivity index (χ0v) is 7.48. The molecule has 0 atom stereocenters. The van der Waals surface area contributed by atoms with Crippen LogP contribution < -0.4 is 3.61 Å². The van der Waals surface area contributed by atoms with Gasteiger partial charge in [-0.05, 0) is 0 Å². The number of fused-ring (bicyclic) bond motifs is 1. The van der Waals surface area contributed by atoms with Crippen LogP contribution in [0.25, 0.3) is 0 Å². The van der Waals surface area contributed by atoms with Crippen molar-refractivity contribution in [2.24, 2.45) is 3.24 Å². The Morgan fingerprint density at radius 2 is 2.10 bits per heavy atom. The van der Waals surface area contributed by atoms with Crippen molar-refractivity contribution < 1.29 is 3.10 Å². The van der Waals surface area contributed by atoms with Crippen LogP contribution in [0.4, 0.5) is 0 Å². The summed E-state index contributed by atoms with van der Waals surface area (Å²) in [7, 11) is 0. The van der Waals surface area contributed by atoms with Crippen molar-refractivity contribution in [2.75, 3.05) is 0 Å². The van der Waals surface area contributed by atoms with E-state index < -0.39 is 19.8 Å². The van der Waals surface area contributed by atoms with Crippen molar-refractivity contribution in [1.29, 1.82) is 0 Å². The molecule has 0 saturated carbocycles. The van der Waals surface area contributed by atoms with Crippen molar-refractivity contribution in [3.63, 3.8) is 0 Å². The fourth-order valence-corrected chi connectivity index (χ4v) is 3.31. The van der Waals surface area contributed by atoms with Gasteiger partial charge in [-0.1, -0.05) is 0 Å². The van der Waals surface area contributed by atoms with Gasteiger partial charge in [0.15, 0.2) is 0 Å². The molecular weight excluding hydrogens is 242 g/mol. The van der Waals surface area contributed by atoms with Crippen LogP contribution in [0.3, 0.4) is 0 Å². The van der Waals surface area contributed by atoms with E-state index in [-0.39, 0.29) is 0 Å². The third kappa shape index (κ3) is 0.828. The van der Waals surface area contributed by atoms with E-state index in [0.717, 1.165) is 9.17 Å². The molecule has 0 spiro atoms. The molecule has 0 amide bonds. The Labute approximate surface area is 66.0 Å². The Morgan fingerprint density at radius 1 is 1.30 bits per heavy atom. The summed E-state index contributed by atoms with van der Waals surface area (Å²) in [6.45, 7) is 0. The maximum absolute atomic E-state index is 11.1. The first kappa shape index (κ1) is 6.21. The van der Waals surface area contributed by atoms with Gasteiger partial charge in [0.05, 0.1) is 0 Å². The van der Waals surface area contributed by atoms with Gasteiger partial charge in [-0.15, -0.1) is 0 Å². The molecule has 2 rings (SSSR count). The molecule has 0 radical (unpaired) electrons. The van der Waals surface area contributed by atoms with Crippen molar-refractivity contribution >= 4 is 29.6 Å². The molecule has 50 valence electrons. The van der Waals surface area contributed by atoms with Gasteiger partial charge in [-0.2, -0.15) is 0 Å². The molecule has 0 unspecified atom stereocenters. The molecule has 0 fully saturated rings. The predicted molar refractivity (Wildman–Crippen MR) is 40.1 cm³/mol. The summed E-state index contributed by atoms with van der Waals surface area (Å²) < 4.78 is 16.0. The van der Waals surface area contributed by atoms with Crippen molar-refractivity contribution in [1.82, 2.24) is 0 Å². The van der Waals surface area contributed by atoms with Crippen LogP contribution in [0.5, 0.6) is 0 Å². The third-order valence-electron chi connectivity index (χ3n) is 1.39. The summed E-state index contributed by atoms with van der Waals surface area (Å²) >= 11 is -2.41. The average molecular weight is 247 g/mol. The minimum absolute atomic E-state index is 0.964. The van der Waals surface area contributed by atoms with Crippen LogP contribution in [-0.2, 0) is 3.10 Å². The first-order chi connectivity index (χ1) is 4.88. The molecule has 1 aromatic carbocycles. The van der Waals surface area contributed by atoms with E-state index in [4.69, 9.17) is 0 Å². The summed E-state index contributed by atoms with van der Waals surface area (Å²) in [4.78, 5) is 0. The molecule has 1 aliphatic heterocycles. The SMILES string of the molecule is O=[Te]1N=Cc2ccccc21. The number of hydrogen-bond acceptors (Lipinski definition) is 1. The molecule has 3 heteroatoms. The van der Waals surface area contributed by atoms with Crippen molar-refractivity contribution in [3.8, 4) is 0 Å². The Kier molecular flexibility index (Phi) is 1.40. The topological polar surface area (TPSA) is 29.4 Å². The normalized spacial score (nSPS) is 15.6. The van der Waals surface area contributed by atoms with Crippen molar-refractivity contribution in [2.45, 2.75) is 0 Å². The van der Waals surface area contributed by atoms with Crippen LogP contribution in [0.15, 0.2) is 27.5 Å². The van der Waals surface area contributed by atoms with E-state index in [1.165, 1.54) is 0 Å². The van der Waals surface area contributed by atoms with Crippen molar-refractivity contribution in [3.05, 3.63) is 29.8 Å². The van der Waals surface area contributed by atoms with Crippen LogP contribution in [-0.4, -0.2) is 26.0 Å². The molecule has 2 nitrogen and oxygen atoms in total. The summed E-state index contributed by atoms with van der Waals surface area (Å²) in [6.07, 6.45) is 1.71. The first-order valence-corrected chi connectivity index (χ1v) is 6.09. The van der Waals surface area contributed by atoms with Gasteiger partial charge in [0.25, 0.3) is 0 Å². The summed E-state index contributed by atoms with van der Waals surface area (Å²) in [5.41, 5.74) is 1.04. The molecule has 0 aliphatic carbocycles. The molecule has 10 heavy (non-hydrogen) atoms. The monoisotopic (exact) mass is 249 g/mol. The van der Waals surface area contributed by atoms with E-state index in [9.17, 15) is 3.10 Å². The standard InChI is InChI=1S/C7H5NOTe/c9-10-7-4-2-1-3-6(7)5-8-10/h1-5H. The van der Waals surface area contributed by atoms with Gasteiger partial charge < -0.3 is 0 Å². The van der Waals surface area contributed by atoms with E-state index in [0.29, 0.717) is 0 Å². The number of hydrogen-bond donors (Lipinski definition) is 0. The third-order valence-corrected chi connectivity index (χ3v) is 4.38. The number of rotatable bonds is 0. The second kappa shape index (κ2) is 2.26. The molecular formula is C7H5NOTe. The van der Waals surface area contributed by atoms with E-state index >= 15 is 0 Å². The molecule has 0 saturated heterocycles.